The third-order valence-electron chi connectivity index (χ3n) is 4.03. The van der Waals surface area contributed by atoms with Crippen LogP contribution in [0.1, 0.15) is 22.8 Å². The molecule has 1 aliphatic rings. The smallest absolute Gasteiger partial charge is 0.143 e. The molecule has 112 valence electrons. The van der Waals surface area contributed by atoms with Crippen molar-refractivity contribution in [2.45, 2.75) is 6.10 Å². The van der Waals surface area contributed by atoms with Crippen molar-refractivity contribution in [3.05, 3.63) is 107 Å². The van der Waals surface area contributed by atoms with Crippen LogP contribution >= 0.6 is 11.6 Å². The van der Waals surface area contributed by atoms with Crippen LogP contribution in [0.2, 0.25) is 5.02 Å². The van der Waals surface area contributed by atoms with Gasteiger partial charge in [-0.05, 0) is 41.0 Å². The highest BCUT2D eigenvalue weighted by Crippen LogP contribution is 2.40. The van der Waals surface area contributed by atoms with Crippen LogP contribution < -0.4 is 4.74 Å². The van der Waals surface area contributed by atoms with E-state index >= 15 is 0 Å². The van der Waals surface area contributed by atoms with Crippen LogP contribution in [0.4, 0.5) is 0 Å². The molecule has 1 unspecified atom stereocenters. The van der Waals surface area contributed by atoms with E-state index in [4.69, 9.17) is 16.3 Å². The average molecular weight is 319 g/mol. The number of ether oxygens (including phenoxy) is 1. The Morgan fingerprint density at radius 3 is 2.22 bits per heavy atom. The van der Waals surface area contributed by atoms with E-state index in [2.05, 4.69) is 36.4 Å². The maximum Gasteiger partial charge on any atom is 0.143 e. The molecule has 23 heavy (non-hydrogen) atoms. The summed E-state index contributed by atoms with van der Waals surface area (Å²) < 4.78 is 6.19. The highest BCUT2D eigenvalue weighted by Gasteiger charge is 2.22. The van der Waals surface area contributed by atoms with Gasteiger partial charge in [0.1, 0.15) is 11.9 Å². The summed E-state index contributed by atoms with van der Waals surface area (Å²) in [5, 5.41) is 0.745. The summed E-state index contributed by atoms with van der Waals surface area (Å²) in [5.74, 6) is 0.911. The fourth-order valence-corrected chi connectivity index (χ4v) is 3.02. The molecule has 0 spiro atoms. The monoisotopic (exact) mass is 318 g/mol. The molecular weight excluding hydrogens is 304 g/mol. The number of hydrogen-bond donors (Lipinski definition) is 0. The van der Waals surface area contributed by atoms with Crippen molar-refractivity contribution in [3.8, 4) is 5.75 Å². The lowest BCUT2D eigenvalue weighted by molar-refractivity contribution is 0.251. The van der Waals surface area contributed by atoms with E-state index < -0.39 is 0 Å². The first kappa shape index (κ1) is 14.1. The van der Waals surface area contributed by atoms with Crippen LogP contribution in [0.25, 0.3) is 5.57 Å². The lowest BCUT2D eigenvalue weighted by Gasteiger charge is -2.26. The molecule has 1 nitrogen and oxygen atoms in total. The molecular formula is C21H15ClO. The first-order valence-corrected chi connectivity index (χ1v) is 7.98. The third-order valence-corrected chi connectivity index (χ3v) is 4.28. The molecule has 0 bridgehead atoms. The van der Waals surface area contributed by atoms with Crippen molar-refractivity contribution >= 4 is 17.2 Å². The molecule has 1 heterocycles. The SMILES string of the molecule is Clc1ccc(C2=CC(c3ccccc3)Oc3ccccc32)cc1. The van der Waals surface area contributed by atoms with E-state index in [-0.39, 0.29) is 6.10 Å². The number of halogens is 1. The average Bonchev–Trinajstić information content (AvgIpc) is 2.62. The van der Waals surface area contributed by atoms with Gasteiger partial charge in [-0.2, -0.15) is 0 Å². The minimum Gasteiger partial charge on any atom is -0.481 e. The summed E-state index contributed by atoms with van der Waals surface area (Å²) in [5.41, 5.74) is 4.58. The third kappa shape index (κ3) is 2.76. The molecule has 1 aliphatic heterocycles. The Labute approximate surface area is 140 Å². The predicted molar refractivity (Wildman–Crippen MR) is 94.8 cm³/mol. The number of hydrogen-bond acceptors (Lipinski definition) is 1. The second-order valence-electron chi connectivity index (χ2n) is 5.53. The Morgan fingerprint density at radius 1 is 0.739 bits per heavy atom. The van der Waals surface area contributed by atoms with Crippen LogP contribution in [0, 0.1) is 0 Å². The van der Waals surface area contributed by atoms with Gasteiger partial charge in [0, 0.05) is 10.6 Å². The minimum atomic E-state index is -0.0863. The lowest BCUT2D eigenvalue weighted by Crippen LogP contribution is -2.11. The maximum atomic E-state index is 6.19. The molecule has 0 fully saturated rings. The number of fused-ring (bicyclic) bond motifs is 1. The zero-order valence-corrected chi connectivity index (χ0v) is 13.2. The van der Waals surface area contributed by atoms with E-state index in [0.717, 1.165) is 27.5 Å². The van der Waals surface area contributed by atoms with Gasteiger partial charge in [0.25, 0.3) is 0 Å². The van der Waals surface area contributed by atoms with Crippen LogP contribution in [0.15, 0.2) is 84.9 Å². The summed E-state index contributed by atoms with van der Waals surface area (Å²) in [6.45, 7) is 0. The Balaban J connectivity index is 1.85. The summed E-state index contributed by atoms with van der Waals surface area (Å²) in [7, 11) is 0. The lowest BCUT2D eigenvalue weighted by atomic mass is 9.92. The molecule has 2 heteroatoms. The van der Waals surface area contributed by atoms with Gasteiger partial charge in [-0.1, -0.05) is 72.3 Å². The van der Waals surface area contributed by atoms with Gasteiger partial charge in [-0.3, -0.25) is 0 Å². The van der Waals surface area contributed by atoms with Gasteiger partial charge in [0.15, 0.2) is 0 Å². The van der Waals surface area contributed by atoms with E-state index in [0.29, 0.717) is 0 Å². The Kier molecular flexibility index (Phi) is 3.64. The van der Waals surface area contributed by atoms with E-state index in [9.17, 15) is 0 Å². The van der Waals surface area contributed by atoms with E-state index in [1.165, 1.54) is 5.57 Å². The maximum absolute atomic E-state index is 6.19. The summed E-state index contributed by atoms with van der Waals surface area (Å²) >= 11 is 6.03. The number of para-hydroxylation sites is 1. The molecule has 3 aromatic rings. The van der Waals surface area contributed by atoms with Crippen LogP contribution in [0.3, 0.4) is 0 Å². The van der Waals surface area contributed by atoms with Gasteiger partial charge >= 0.3 is 0 Å². The topological polar surface area (TPSA) is 9.23 Å². The molecule has 0 radical (unpaired) electrons. The van der Waals surface area contributed by atoms with E-state index in [1.807, 2.05) is 48.5 Å². The summed E-state index contributed by atoms with van der Waals surface area (Å²) in [6.07, 6.45) is 2.10. The fourth-order valence-electron chi connectivity index (χ4n) is 2.89. The highest BCUT2D eigenvalue weighted by molar-refractivity contribution is 6.30. The molecule has 0 aromatic heterocycles. The Hall–Kier alpha value is -2.51. The number of benzene rings is 3. The highest BCUT2D eigenvalue weighted by atomic mass is 35.5. The quantitative estimate of drug-likeness (QED) is 0.571. The zero-order chi connectivity index (χ0) is 15.6. The first-order chi connectivity index (χ1) is 11.3. The molecule has 0 saturated carbocycles. The van der Waals surface area contributed by atoms with Crippen molar-refractivity contribution in [1.29, 1.82) is 0 Å². The molecule has 0 aliphatic carbocycles. The predicted octanol–water partition coefficient (Wildman–Crippen LogP) is 5.91. The Bertz CT molecular complexity index is 851. The molecule has 0 N–H and O–H groups in total. The van der Waals surface area contributed by atoms with Gasteiger partial charge in [0.2, 0.25) is 0 Å². The summed E-state index contributed by atoms with van der Waals surface area (Å²) in [6, 6.07) is 26.4. The number of rotatable bonds is 2. The van der Waals surface area contributed by atoms with Crippen molar-refractivity contribution < 1.29 is 4.74 Å². The largest absolute Gasteiger partial charge is 0.481 e. The van der Waals surface area contributed by atoms with Gasteiger partial charge in [-0.25, -0.2) is 0 Å². The fraction of sp³-hybridized carbons (Fsp3) is 0.0476. The second-order valence-corrected chi connectivity index (χ2v) is 5.97. The van der Waals surface area contributed by atoms with Gasteiger partial charge in [0.05, 0.1) is 0 Å². The standard InChI is InChI=1S/C21H15ClO/c22-17-12-10-15(11-13-17)19-14-21(16-6-2-1-3-7-16)23-20-9-5-4-8-18(19)20/h1-14,21H. The Morgan fingerprint density at radius 2 is 1.43 bits per heavy atom. The second kappa shape index (κ2) is 5.94. The van der Waals surface area contributed by atoms with Gasteiger partial charge < -0.3 is 4.74 Å². The van der Waals surface area contributed by atoms with E-state index in [1.54, 1.807) is 0 Å². The first-order valence-electron chi connectivity index (χ1n) is 7.60. The normalized spacial score (nSPS) is 16.2. The molecule has 1 atom stereocenters. The molecule has 4 rings (SSSR count). The van der Waals surface area contributed by atoms with Crippen LogP contribution in [-0.4, -0.2) is 0 Å². The van der Waals surface area contributed by atoms with Gasteiger partial charge in [-0.15, -0.1) is 0 Å². The minimum absolute atomic E-state index is 0.0863. The van der Waals surface area contributed by atoms with Crippen LogP contribution in [0.5, 0.6) is 5.75 Å². The van der Waals surface area contributed by atoms with Crippen molar-refractivity contribution in [2.75, 3.05) is 0 Å². The molecule has 3 aromatic carbocycles. The van der Waals surface area contributed by atoms with Crippen LogP contribution in [-0.2, 0) is 0 Å². The van der Waals surface area contributed by atoms with Crippen molar-refractivity contribution in [1.82, 2.24) is 0 Å². The summed E-state index contributed by atoms with van der Waals surface area (Å²) in [4.78, 5) is 0. The van der Waals surface area contributed by atoms with Crippen molar-refractivity contribution in [2.24, 2.45) is 0 Å². The molecule has 0 amide bonds. The zero-order valence-electron chi connectivity index (χ0n) is 12.4. The molecule has 0 saturated heterocycles. The van der Waals surface area contributed by atoms with Crippen molar-refractivity contribution in [3.63, 3.8) is 0 Å².